The number of aliphatic hydroxyl groups is 2. The number of alkyl halides is 1. The number of hydrogen-bond donors (Lipinski definition) is 4. The molecule has 11 nitrogen and oxygen atoms in total. The van der Waals surface area contributed by atoms with Gasteiger partial charge in [0.15, 0.2) is 0 Å². The van der Waals surface area contributed by atoms with Crippen molar-refractivity contribution in [2.45, 2.75) is 52.0 Å². The predicted molar refractivity (Wildman–Crippen MR) is 143 cm³/mol. The van der Waals surface area contributed by atoms with Crippen molar-refractivity contribution < 1.29 is 43.4 Å². The van der Waals surface area contributed by atoms with Gasteiger partial charge in [0, 0.05) is 38.7 Å². The molecule has 1 aliphatic rings. The molecule has 1 rings (SSSR count). The maximum atomic E-state index is 8.62. The van der Waals surface area contributed by atoms with Crippen LogP contribution < -0.4 is 11.1 Å². The molecule has 0 aliphatic carbocycles. The SMILES string of the molecule is C1CO1.COCCOCC(C)OCC(C)N.COCCOCC(C)OCC(C)NCCO.OCCCl. The molecule has 36 heavy (non-hydrogen) atoms. The highest BCUT2D eigenvalue weighted by Crippen LogP contribution is 1.95. The summed E-state index contributed by atoms with van der Waals surface area (Å²) in [6.45, 7) is 15.5. The Morgan fingerprint density at radius 2 is 1.25 bits per heavy atom. The zero-order chi connectivity index (χ0) is 27.9. The molecule has 0 amide bonds. The van der Waals surface area contributed by atoms with E-state index in [9.17, 15) is 0 Å². The van der Waals surface area contributed by atoms with E-state index in [1.54, 1.807) is 14.2 Å². The van der Waals surface area contributed by atoms with Crippen LogP contribution in [0.4, 0.5) is 0 Å². The van der Waals surface area contributed by atoms with Gasteiger partial charge in [-0.1, -0.05) is 0 Å². The number of ether oxygens (including phenoxy) is 7. The van der Waals surface area contributed by atoms with E-state index in [4.69, 9.17) is 56.0 Å². The lowest BCUT2D eigenvalue weighted by atomic mass is 10.3. The van der Waals surface area contributed by atoms with Gasteiger partial charge in [0.2, 0.25) is 0 Å². The molecule has 4 atom stereocenters. The van der Waals surface area contributed by atoms with Crippen LogP contribution >= 0.6 is 11.6 Å². The average Bonchev–Trinajstić information content (AvgIpc) is 3.76. The Morgan fingerprint density at radius 1 is 0.806 bits per heavy atom. The van der Waals surface area contributed by atoms with E-state index in [-0.39, 0.29) is 37.5 Å². The van der Waals surface area contributed by atoms with Crippen LogP contribution in [-0.2, 0) is 33.2 Å². The van der Waals surface area contributed by atoms with Crippen LogP contribution in [0.15, 0.2) is 0 Å². The molecule has 4 unspecified atom stereocenters. The first-order valence-electron chi connectivity index (χ1n) is 12.5. The number of rotatable bonds is 20. The lowest BCUT2D eigenvalue weighted by Crippen LogP contribution is -2.34. The Bertz CT molecular complexity index is 383. The van der Waals surface area contributed by atoms with E-state index in [1.165, 1.54) is 0 Å². The predicted octanol–water partition coefficient (Wildman–Crippen LogP) is 0.661. The zero-order valence-electron chi connectivity index (χ0n) is 23.4. The minimum atomic E-state index is 0.0789. The van der Waals surface area contributed by atoms with Crippen LogP contribution in [0.1, 0.15) is 27.7 Å². The summed E-state index contributed by atoms with van der Waals surface area (Å²) in [5.74, 6) is 0.347. The highest BCUT2D eigenvalue weighted by molar-refractivity contribution is 6.17. The van der Waals surface area contributed by atoms with Gasteiger partial charge in [0.25, 0.3) is 0 Å². The van der Waals surface area contributed by atoms with Crippen LogP contribution in [-0.4, -0.2) is 140 Å². The number of epoxide rings is 1. The number of nitrogens with two attached hydrogens (primary N) is 1. The average molecular weight is 551 g/mol. The van der Waals surface area contributed by atoms with Gasteiger partial charge in [0.05, 0.1) is 91.5 Å². The summed E-state index contributed by atoms with van der Waals surface area (Å²) in [6, 6.07) is 0.329. The quantitative estimate of drug-likeness (QED) is 0.0962. The topological polar surface area (TPSA) is 146 Å². The Hall–Kier alpha value is -0.150. The van der Waals surface area contributed by atoms with Crippen molar-refractivity contribution in [1.29, 1.82) is 0 Å². The molecular weight excluding hydrogens is 496 g/mol. The Labute approximate surface area is 224 Å². The smallest absolute Gasteiger partial charge is 0.0781 e. The van der Waals surface area contributed by atoms with Crippen molar-refractivity contribution in [3.05, 3.63) is 0 Å². The Morgan fingerprint density at radius 3 is 1.58 bits per heavy atom. The summed E-state index contributed by atoms with van der Waals surface area (Å²) in [6.07, 6.45) is 0.179. The molecule has 5 N–H and O–H groups in total. The van der Waals surface area contributed by atoms with Crippen LogP contribution in [0.25, 0.3) is 0 Å². The minimum Gasteiger partial charge on any atom is -0.395 e. The van der Waals surface area contributed by atoms with Crippen LogP contribution in [0, 0.1) is 0 Å². The normalized spacial score (nSPS) is 15.2. The van der Waals surface area contributed by atoms with Crippen molar-refractivity contribution in [3.63, 3.8) is 0 Å². The van der Waals surface area contributed by atoms with E-state index in [2.05, 4.69) is 10.1 Å². The third kappa shape index (κ3) is 47.1. The van der Waals surface area contributed by atoms with Crippen LogP contribution in [0.2, 0.25) is 0 Å². The molecule has 1 fully saturated rings. The van der Waals surface area contributed by atoms with Crippen molar-refractivity contribution in [2.24, 2.45) is 5.73 Å². The second kappa shape index (κ2) is 34.9. The van der Waals surface area contributed by atoms with Crippen LogP contribution in [0.3, 0.4) is 0 Å². The van der Waals surface area contributed by atoms with Gasteiger partial charge in [-0.3, -0.25) is 0 Å². The first-order chi connectivity index (χ1) is 17.3. The molecule has 0 saturated carbocycles. The second-order valence-corrected chi connectivity index (χ2v) is 8.38. The molecule has 0 aromatic rings. The van der Waals surface area contributed by atoms with Crippen molar-refractivity contribution in [3.8, 4) is 0 Å². The molecule has 0 aromatic heterocycles. The summed E-state index contributed by atoms with van der Waals surface area (Å²) in [5.41, 5.74) is 5.53. The van der Waals surface area contributed by atoms with Gasteiger partial charge >= 0.3 is 0 Å². The molecule has 222 valence electrons. The van der Waals surface area contributed by atoms with Gasteiger partial charge in [0.1, 0.15) is 0 Å². The lowest BCUT2D eigenvalue weighted by molar-refractivity contribution is -0.0236. The molecular formula is C24H55ClN2O9. The Balaban J connectivity index is -0.000000481. The van der Waals surface area contributed by atoms with Gasteiger partial charge in [-0.2, -0.15) is 0 Å². The van der Waals surface area contributed by atoms with Gasteiger partial charge < -0.3 is 54.4 Å². The monoisotopic (exact) mass is 550 g/mol. The molecule has 12 heteroatoms. The molecule has 1 heterocycles. The standard InChI is InChI=1S/C11H25NO4.C9H21NO3.C2H5ClO.C2H4O/c1-10(12-4-5-13)8-16-11(2)9-15-7-6-14-3;1-8(10)6-13-9(2)7-12-5-4-11-3;3-1-2-4;1-2-3-1/h10-13H,4-9H2,1-3H3;8-9H,4-7,10H2,1-3H3;4H,1-2H2;1-2H2. The molecule has 0 bridgehead atoms. The molecule has 0 aromatic carbocycles. The fourth-order valence-corrected chi connectivity index (χ4v) is 1.87. The number of nitrogens with one attached hydrogen (secondary N) is 1. The summed E-state index contributed by atoms with van der Waals surface area (Å²) in [5, 5.41) is 19.5. The molecule has 0 radical (unpaired) electrons. The van der Waals surface area contributed by atoms with Crippen molar-refractivity contribution >= 4 is 11.6 Å². The number of hydrogen-bond acceptors (Lipinski definition) is 11. The number of methoxy groups -OCH3 is 2. The Kier molecular flexibility index (Phi) is 39.1. The van der Waals surface area contributed by atoms with E-state index < -0.39 is 0 Å². The van der Waals surface area contributed by atoms with Crippen LogP contribution in [0.5, 0.6) is 0 Å². The number of aliphatic hydroxyl groups excluding tert-OH is 2. The summed E-state index contributed by atoms with van der Waals surface area (Å²) < 4.78 is 35.8. The fourth-order valence-electron chi connectivity index (χ4n) is 1.87. The first kappa shape index (κ1) is 40.3. The summed E-state index contributed by atoms with van der Waals surface area (Å²) in [4.78, 5) is 0. The molecule has 1 aliphatic heterocycles. The third-order valence-electron chi connectivity index (χ3n) is 3.74. The lowest BCUT2D eigenvalue weighted by Gasteiger charge is -2.17. The van der Waals surface area contributed by atoms with Crippen molar-refractivity contribution in [2.75, 3.05) is 106 Å². The maximum Gasteiger partial charge on any atom is 0.0781 e. The third-order valence-corrected chi connectivity index (χ3v) is 3.91. The van der Waals surface area contributed by atoms with E-state index in [0.717, 1.165) is 13.2 Å². The minimum absolute atomic E-state index is 0.0789. The second-order valence-electron chi connectivity index (χ2n) is 8.00. The molecule has 0 spiro atoms. The van der Waals surface area contributed by atoms with E-state index >= 15 is 0 Å². The summed E-state index contributed by atoms with van der Waals surface area (Å²) >= 11 is 4.94. The van der Waals surface area contributed by atoms with E-state index in [1.807, 2.05) is 27.7 Å². The van der Waals surface area contributed by atoms with Crippen molar-refractivity contribution in [1.82, 2.24) is 5.32 Å². The molecule has 1 saturated heterocycles. The zero-order valence-corrected chi connectivity index (χ0v) is 24.2. The highest BCUT2D eigenvalue weighted by Gasteiger charge is 2.06. The largest absolute Gasteiger partial charge is 0.395 e. The van der Waals surface area contributed by atoms with Gasteiger partial charge in [-0.05, 0) is 27.7 Å². The summed E-state index contributed by atoms with van der Waals surface area (Å²) in [7, 11) is 3.30. The highest BCUT2D eigenvalue weighted by atomic mass is 35.5. The maximum absolute atomic E-state index is 8.62. The van der Waals surface area contributed by atoms with E-state index in [0.29, 0.717) is 65.3 Å². The fraction of sp³-hybridized carbons (Fsp3) is 1.00. The number of halogens is 1. The van der Waals surface area contributed by atoms with Gasteiger partial charge in [-0.25, -0.2) is 0 Å². The first-order valence-corrected chi connectivity index (χ1v) is 13.0. The van der Waals surface area contributed by atoms with Gasteiger partial charge in [-0.15, -0.1) is 11.6 Å².